The number of nitrogens with zero attached hydrogens (tertiary/aromatic N) is 2. The summed E-state index contributed by atoms with van der Waals surface area (Å²) in [5, 5.41) is 0.271. The highest BCUT2D eigenvalue weighted by molar-refractivity contribution is 6.29. The zero-order valence-corrected chi connectivity index (χ0v) is 8.91. The van der Waals surface area contributed by atoms with Crippen LogP contribution in [0.25, 0.3) is 0 Å². The topological polar surface area (TPSA) is 52.1 Å². The summed E-state index contributed by atoms with van der Waals surface area (Å²) in [6.45, 7) is 0. The number of hydrogen-bond acceptors (Lipinski definition) is 4. The molecule has 1 aromatic rings. The molecule has 4 nitrogen and oxygen atoms in total. The van der Waals surface area contributed by atoms with Gasteiger partial charge in [-0.15, -0.1) is 0 Å². The summed E-state index contributed by atoms with van der Waals surface area (Å²) < 4.78 is 5.25. The van der Waals surface area contributed by atoms with Crippen LogP contribution >= 0.6 is 11.6 Å². The van der Waals surface area contributed by atoms with Crippen molar-refractivity contribution < 1.29 is 9.53 Å². The van der Waals surface area contributed by atoms with Crippen LogP contribution in [0.1, 0.15) is 36.2 Å². The lowest BCUT2D eigenvalue weighted by Gasteiger charge is -2.10. The van der Waals surface area contributed by atoms with Gasteiger partial charge in [0.1, 0.15) is 11.3 Å². The third-order valence-electron chi connectivity index (χ3n) is 2.41. The molecule has 0 aliphatic heterocycles. The molecular weight excluding hydrogens is 216 g/mol. The molecule has 1 fully saturated rings. The van der Waals surface area contributed by atoms with E-state index in [2.05, 4.69) is 9.97 Å². The number of aromatic nitrogens is 2. The molecule has 0 spiro atoms. The van der Waals surface area contributed by atoms with Gasteiger partial charge in [0.15, 0.2) is 5.69 Å². The SMILES string of the molecule is O=C(OC1CCCC1)c1cnc(Cl)cn1. The average Bonchev–Trinajstić information content (AvgIpc) is 2.71. The lowest BCUT2D eigenvalue weighted by molar-refractivity contribution is 0.0310. The van der Waals surface area contributed by atoms with Crippen molar-refractivity contribution >= 4 is 17.6 Å². The Bertz CT molecular complexity index is 347. The fourth-order valence-corrected chi connectivity index (χ4v) is 1.73. The van der Waals surface area contributed by atoms with Gasteiger partial charge in [-0.05, 0) is 25.7 Å². The minimum Gasteiger partial charge on any atom is -0.458 e. The number of carbonyl (C=O) groups is 1. The van der Waals surface area contributed by atoms with Crippen molar-refractivity contribution in [2.24, 2.45) is 0 Å². The van der Waals surface area contributed by atoms with E-state index in [9.17, 15) is 4.79 Å². The van der Waals surface area contributed by atoms with E-state index < -0.39 is 5.97 Å². The second kappa shape index (κ2) is 4.57. The Kier molecular flexibility index (Phi) is 3.16. The van der Waals surface area contributed by atoms with Crippen LogP contribution in [0.15, 0.2) is 12.4 Å². The molecule has 0 saturated heterocycles. The largest absolute Gasteiger partial charge is 0.458 e. The fraction of sp³-hybridized carbons (Fsp3) is 0.500. The zero-order valence-electron chi connectivity index (χ0n) is 8.15. The monoisotopic (exact) mass is 226 g/mol. The first-order valence-electron chi connectivity index (χ1n) is 4.94. The summed E-state index contributed by atoms with van der Waals surface area (Å²) in [6, 6.07) is 0. The van der Waals surface area contributed by atoms with E-state index in [1.165, 1.54) is 12.4 Å². The maximum absolute atomic E-state index is 11.5. The van der Waals surface area contributed by atoms with Gasteiger partial charge in [-0.3, -0.25) is 0 Å². The van der Waals surface area contributed by atoms with Crippen molar-refractivity contribution in [2.45, 2.75) is 31.8 Å². The lowest BCUT2D eigenvalue weighted by atomic mass is 10.3. The summed E-state index contributed by atoms with van der Waals surface area (Å²) in [5.41, 5.74) is 0.214. The van der Waals surface area contributed by atoms with Gasteiger partial charge in [0.25, 0.3) is 0 Å². The summed E-state index contributed by atoms with van der Waals surface area (Å²) in [4.78, 5) is 19.2. The van der Waals surface area contributed by atoms with Crippen LogP contribution in [-0.2, 0) is 4.74 Å². The highest BCUT2D eigenvalue weighted by Crippen LogP contribution is 2.21. The number of rotatable bonds is 2. The van der Waals surface area contributed by atoms with Gasteiger partial charge in [-0.25, -0.2) is 14.8 Å². The molecule has 0 N–H and O–H groups in total. The molecule has 0 atom stereocenters. The van der Waals surface area contributed by atoms with Crippen LogP contribution in [0.2, 0.25) is 5.15 Å². The molecule has 0 aromatic carbocycles. The van der Waals surface area contributed by atoms with Gasteiger partial charge in [0.2, 0.25) is 0 Å². The second-order valence-electron chi connectivity index (χ2n) is 3.54. The molecule has 0 unspecified atom stereocenters. The molecule has 15 heavy (non-hydrogen) atoms. The Morgan fingerprint density at radius 2 is 2.07 bits per heavy atom. The molecule has 1 aliphatic rings. The number of carbonyl (C=O) groups excluding carboxylic acids is 1. The number of hydrogen-bond donors (Lipinski definition) is 0. The van der Waals surface area contributed by atoms with Gasteiger partial charge in [0, 0.05) is 0 Å². The lowest BCUT2D eigenvalue weighted by Crippen LogP contribution is -2.16. The van der Waals surface area contributed by atoms with Crippen LogP contribution < -0.4 is 0 Å². The smallest absolute Gasteiger partial charge is 0.358 e. The molecule has 2 rings (SSSR count). The van der Waals surface area contributed by atoms with E-state index in [-0.39, 0.29) is 17.0 Å². The highest BCUT2D eigenvalue weighted by atomic mass is 35.5. The summed E-state index contributed by atoms with van der Waals surface area (Å²) in [6.07, 6.45) is 6.88. The molecular formula is C10H11ClN2O2. The third kappa shape index (κ3) is 2.65. The van der Waals surface area contributed by atoms with Crippen molar-refractivity contribution in [3.63, 3.8) is 0 Å². The van der Waals surface area contributed by atoms with E-state index in [1.54, 1.807) is 0 Å². The van der Waals surface area contributed by atoms with Crippen molar-refractivity contribution in [2.75, 3.05) is 0 Å². The molecule has 0 radical (unpaired) electrons. The first kappa shape index (κ1) is 10.4. The van der Waals surface area contributed by atoms with Gasteiger partial charge < -0.3 is 4.74 Å². The number of esters is 1. The molecule has 0 amide bonds. The summed E-state index contributed by atoms with van der Waals surface area (Å²) >= 11 is 5.56. The first-order valence-corrected chi connectivity index (χ1v) is 5.32. The summed E-state index contributed by atoms with van der Waals surface area (Å²) in [7, 11) is 0. The van der Waals surface area contributed by atoms with Crippen LogP contribution in [0, 0.1) is 0 Å². The molecule has 1 saturated carbocycles. The van der Waals surface area contributed by atoms with Gasteiger partial charge in [-0.1, -0.05) is 11.6 Å². The van der Waals surface area contributed by atoms with E-state index in [0.717, 1.165) is 25.7 Å². The second-order valence-corrected chi connectivity index (χ2v) is 3.92. The number of halogens is 1. The van der Waals surface area contributed by atoms with Crippen molar-refractivity contribution in [1.82, 2.24) is 9.97 Å². The number of ether oxygens (including phenoxy) is 1. The van der Waals surface area contributed by atoms with E-state index in [4.69, 9.17) is 16.3 Å². The highest BCUT2D eigenvalue weighted by Gasteiger charge is 2.20. The predicted molar refractivity (Wildman–Crippen MR) is 54.7 cm³/mol. The maximum Gasteiger partial charge on any atom is 0.358 e. The van der Waals surface area contributed by atoms with Crippen LogP contribution in [0.4, 0.5) is 0 Å². The van der Waals surface area contributed by atoms with Crippen LogP contribution in [0.3, 0.4) is 0 Å². The van der Waals surface area contributed by atoms with E-state index in [0.29, 0.717) is 0 Å². The van der Waals surface area contributed by atoms with Crippen molar-refractivity contribution in [3.05, 3.63) is 23.2 Å². The van der Waals surface area contributed by atoms with E-state index >= 15 is 0 Å². The average molecular weight is 227 g/mol. The molecule has 80 valence electrons. The normalized spacial score (nSPS) is 16.6. The molecule has 1 heterocycles. The van der Waals surface area contributed by atoms with Crippen molar-refractivity contribution in [1.29, 1.82) is 0 Å². The molecule has 1 aromatic heterocycles. The molecule has 5 heteroatoms. The van der Waals surface area contributed by atoms with Gasteiger partial charge >= 0.3 is 5.97 Å². The fourth-order valence-electron chi connectivity index (χ4n) is 1.64. The first-order chi connectivity index (χ1) is 7.25. The maximum atomic E-state index is 11.5. The van der Waals surface area contributed by atoms with Crippen LogP contribution in [0.5, 0.6) is 0 Å². The zero-order chi connectivity index (χ0) is 10.7. The Morgan fingerprint density at radius 1 is 1.33 bits per heavy atom. The minimum atomic E-state index is -0.411. The Labute approximate surface area is 92.6 Å². The van der Waals surface area contributed by atoms with E-state index in [1.807, 2.05) is 0 Å². The Balaban J connectivity index is 1.98. The standard InChI is InChI=1S/C10H11ClN2O2/c11-9-6-12-8(5-13-9)10(14)15-7-3-1-2-4-7/h5-7H,1-4H2. The predicted octanol–water partition coefficient (Wildman–Crippen LogP) is 2.23. The molecule has 1 aliphatic carbocycles. The minimum absolute atomic E-state index is 0.0509. The van der Waals surface area contributed by atoms with Crippen LogP contribution in [-0.4, -0.2) is 22.0 Å². The Hall–Kier alpha value is -1.16. The summed E-state index contributed by atoms with van der Waals surface area (Å²) in [5.74, 6) is -0.411. The van der Waals surface area contributed by atoms with Gasteiger partial charge in [-0.2, -0.15) is 0 Å². The van der Waals surface area contributed by atoms with Crippen molar-refractivity contribution in [3.8, 4) is 0 Å². The van der Waals surface area contributed by atoms with Gasteiger partial charge in [0.05, 0.1) is 12.4 Å². The Morgan fingerprint density at radius 3 is 2.67 bits per heavy atom. The third-order valence-corrected chi connectivity index (χ3v) is 2.60. The quantitative estimate of drug-likeness (QED) is 0.726. The molecule has 0 bridgehead atoms.